The van der Waals surface area contributed by atoms with Crippen molar-refractivity contribution in [2.45, 2.75) is 0 Å². The standard InChI is InChI=1S/C4H7FS/c1-2-3-6-4-5/h2H,1,3-4H2. The zero-order valence-electron chi connectivity index (χ0n) is 3.48. The van der Waals surface area contributed by atoms with E-state index in [1.54, 1.807) is 6.08 Å². The molecule has 36 valence electrons. The molecule has 0 N–H and O–H groups in total. The molecule has 0 aromatic rings. The summed E-state index contributed by atoms with van der Waals surface area (Å²) >= 11 is 1.22. The number of hydrogen-bond donors (Lipinski definition) is 0. The zero-order valence-corrected chi connectivity index (χ0v) is 4.30. The second kappa shape index (κ2) is 5.02. The topological polar surface area (TPSA) is 0 Å². The second-order valence-electron chi connectivity index (χ2n) is 0.769. The Morgan fingerprint density at radius 2 is 2.50 bits per heavy atom. The lowest BCUT2D eigenvalue weighted by Gasteiger charge is -1.80. The fraction of sp³-hybridized carbons (Fsp3) is 0.500. The van der Waals surface area contributed by atoms with Gasteiger partial charge >= 0.3 is 0 Å². The fourth-order valence-electron chi connectivity index (χ4n) is 0.128. The largest absolute Gasteiger partial charge is 0.239 e. The average Bonchev–Trinajstić information content (AvgIpc) is 1.61. The summed E-state index contributed by atoms with van der Waals surface area (Å²) in [5.41, 5.74) is 0. The Kier molecular flexibility index (Phi) is 5.04. The molecule has 0 heterocycles. The Bertz CT molecular complexity index is 36.5. The lowest BCUT2D eigenvalue weighted by Crippen LogP contribution is -1.65. The normalized spacial score (nSPS) is 8.17. The first-order valence-corrected chi connectivity index (χ1v) is 2.82. The maximum atomic E-state index is 11.1. The van der Waals surface area contributed by atoms with Crippen LogP contribution in [0.15, 0.2) is 12.7 Å². The first-order chi connectivity index (χ1) is 2.91. The third-order valence-electron chi connectivity index (χ3n) is 0.313. The van der Waals surface area contributed by atoms with Crippen LogP contribution in [0.25, 0.3) is 0 Å². The van der Waals surface area contributed by atoms with E-state index in [1.807, 2.05) is 0 Å². The summed E-state index contributed by atoms with van der Waals surface area (Å²) in [4.78, 5) is 0. The summed E-state index contributed by atoms with van der Waals surface area (Å²) < 4.78 is 11.1. The molecule has 0 saturated heterocycles. The minimum absolute atomic E-state index is 0.300. The van der Waals surface area contributed by atoms with Gasteiger partial charge in [0.05, 0.1) is 0 Å². The number of thioether (sulfide) groups is 1. The molecule has 0 amide bonds. The van der Waals surface area contributed by atoms with E-state index in [0.29, 0.717) is 0 Å². The van der Waals surface area contributed by atoms with Crippen LogP contribution in [0.5, 0.6) is 0 Å². The van der Waals surface area contributed by atoms with Gasteiger partial charge in [0.2, 0.25) is 0 Å². The lowest BCUT2D eigenvalue weighted by molar-refractivity contribution is 0.606. The molecule has 0 spiro atoms. The maximum absolute atomic E-state index is 11.1. The number of halogens is 1. The molecule has 6 heavy (non-hydrogen) atoms. The van der Waals surface area contributed by atoms with Crippen molar-refractivity contribution in [3.63, 3.8) is 0 Å². The van der Waals surface area contributed by atoms with Gasteiger partial charge in [0.25, 0.3) is 0 Å². The van der Waals surface area contributed by atoms with Crippen molar-refractivity contribution in [3.05, 3.63) is 12.7 Å². The van der Waals surface area contributed by atoms with E-state index < -0.39 is 0 Å². The third-order valence-corrected chi connectivity index (χ3v) is 0.939. The van der Waals surface area contributed by atoms with Crippen molar-refractivity contribution in [2.75, 3.05) is 11.8 Å². The Morgan fingerprint density at radius 1 is 1.83 bits per heavy atom. The molecule has 0 fully saturated rings. The van der Waals surface area contributed by atoms with Gasteiger partial charge < -0.3 is 0 Å². The molecule has 0 unspecified atom stereocenters. The van der Waals surface area contributed by atoms with E-state index in [1.165, 1.54) is 11.8 Å². The van der Waals surface area contributed by atoms with E-state index in [2.05, 4.69) is 6.58 Å². The van der Waals surface area contributed by atoms with Crippen molar-refractivity contribution < 1.29 is 4.39 Å². The molecule has 0 radical (unpaired) electrons. The number of alkyl halides is 1. The van der Waals surface area contributed by atoms with Gasteiger partial charge in [0, 0.05) is 5.75 Å². The second-order valence-corrected chi connectivity index (χ2v) is 1.73. The number of hydrogen-bond acceptors (Lipinski definition) is 1. The van der Waals surface area contributed by atoms with Crippen molar-refractivity contribution in [2.24, 2.45) is 0 Å². The summed E-state index contributed by atoms with van der Waals surface area (Å²) in [6.45, 7) is 3.41. The Labute approximate surface area is 41.4 Å². The minimum Gasteiger partial charge on any atom is -0.239 e. The molecule has 0 atom stereocenters. The highest BCUT2D eigenvalue weighted by Crippen LogP contribution is 1.97. The molecule has 0 saturated carbocycles. The van der Waals surface area contributed by atoms with Gasteiger partial charge in [-0.05, 0) is 0 Å². The Morgan fingerprint density at radius 3 is 2.67 bits per heavy atom. The van der Waals surface area contributed by atoms with Crippen molar-refractivity contribution in [1.29, 1.82) is 0 Å². The molecule has 0 aliphatic rings. The van der Waals surface area contributed by atoms with Crippen molar-refractivity contribution in [1.82, 2.24) is 0 Å². The quantitative estimate of drug-likeness (QED) is 0.390. The van der Waals surface area contributed by atoms with Gasteiger partial charge in [-0.15, -0.1) is 18.3 Å². The van der Waals surface area contributed by atoms with Crippen LogP contribution in [-0.4, -0.2) is 11.8 Å². The molecule has 0 aliphatic heterocycles. The minimum atomic E-state index is -0.300. The maximum Gasteiger partial charge on any atom is 0.135 e. The van der Waals surface area contributed by atoms with E-state index in [-0.39, 0.29) is 6.01 Å². The smallest absolute Gasteiger partial charge is 0.135 e. The SMILES string of the molecule is C=CCSCF. The molecule has 2 heteroatoms. The van der Waals surface area contributed by atoms with Crippen LogP contribution in [0, 0.1) is 0 Å². The van der Waals surface area contributed by atoms with E-state index in [9.17, 15) is 4.39 Å². The van der Waals surface area contributed by atoms with Crippen LogP contribution in [0.2, 0.25) is 0 Å². The van der Waals surface area contributed by atoms with Gasteiger partial charge in [-0.25, -0.2) is 4.39 Å². The molecular formula is C4H7FS. The van der Waals surface area contributed by atoms with E-state index in [0.717, 1.165) is 5.75 Å². The van der Waals surface area contributed by atoms with Gasteiger partial charge in [0.15, 0.2) is 0 Å². The van der Waals surface area contributed by atoms with Crippen LogP contribution in [-0.2, 0) is 0 Å². The predicted octanol–water partition coefficient (Wildman–Crippen LogP) is 1.83. The summed E-state index contributed by atoms with van der Waals surface area (Å²) in [7, 11) is 0. The van der Waals surface area contributed by atoms with Crippen molar-refractivity contribution >= 4 is 11.8 Å². The molecule has 0 bridgehead atoms. The van der Waals surface area contributed by atoms with Crippen molar-refractivity contribution in [3.8, 4) is 0 Å². The highest BCUT2D eigenvalue weighted by molar-refractivity contribution is 7.99. The molecule has 0 aliphatic carbocycles. The monoisotopic (exact) mass is 106 g/mol. The highest BCUT2D eigenvalue weighted by atomic mass is 32.2. The molecule has 0 rings (SSSR count). The average molecular weight is 106 g/mol. The lowest BCUT2D eigenvalue weighted by atomic mass is 10.8. The van der Waals surface area contributed by atoms with Gasteiger partial charge in [-0.2, -0.15) is 0 Å². The van der Waals surface area contributed by atoms with E-state index in [4.69, 9.17) is 0 Å². The zero-order chi connectivity index (χ0) is 4.83. The highest BCUT2D eigenvalue weighted by Gasteiger charge is 1.73. The summed E-state index contributed by atoms with van der Waals surface area (Å²) in [5, 5.41) is 0. The summed E-state index contributed by atoms with van der Waals surface area (Å²) in [6.07, 6.45) is 1.68. The van der Waals surface area contributed by atoms with Gasteiger partial charge in [-0.3, -0.25) is 0 Å². The molecule has 0 nitrogen and oxygen atoms in total. The van der Waals surface area contributed by atoms with Crippen LogP contribution >= 0.6 is 11.8 Å². The summed E-state index contributed by atoms with van der Waals surface area (Å²) in [5.74, 6) is 0.719. The molecule has 0 aromatic heterocycles. The Balaban J connectivity index is 2.49. The van der Waals surface area contributed by atoms with Crippen LogP contribution in [0.3, 0.4) is 0 Å². The van der Waals surface area contributed by atoms with Gasteiger partial charge in [-0.1, -0.05) is 6.08 Å². The number of rotatable bonds is 3. The predicted molar refractivity (Wildman–Crippen MR) is 28.6 cm³/mol. The first-order valence-electron chi connectivity index (χ1n) is 1.66. The van der Waals surface area contributed by atoms with Crippen LogP contribution in [0.4, 0.5) is 4.39 Å². The Hall–Kier alpha value is 0.0200. The van der Waals surface area contributed by atoms with Crippen LogP contribution < -0.4 is 0 Å². The fourth-order valence-corrected chi connectivity index (χ4v) is 0.384. The molecule has 0 aromatic carbocycles. The van der Waals surface area contributed by atoms with E-state index >= 15 is 0 Å². The summed E-state index contributed by atoms with van der Waals surface area (Å²) in [6, 6.07) is -0.300. The van der Waals surface area contributed by atoms with Gasteiger partial charge in [0.1, 0.15) is 6.01 Å². The first kappa shape index (κ1) is 6.02. The van der Waals surface area contributed by atoms with Crippen LogP contribution in [0.1, 0.15) is 0 Å². The molecular weight excluding hydrogens is 99.1 g/mol. The third kappa shape index (κ3) is 4.02.